The van der Waals surface area contributed by atoms with E-state index in [9.17, 15) is 14.4 Å². The summed E-state index contributed by atoms with van der Waals surface area (Å²) < 4.78 is 12.2. The van der Waals surface area contributed by atoms with Crippen LogP contribution in [-0.4, -0.2) is 65.3 Å². The summed E-state index contributed by atoms with van der Waals surface area (Å²) in [6, 6.07) is 16.5. The van der Waals surface area contributed by atoms with Gasteiger partial charge >= 0.3 is 5.97 Å². The first kappa shape index (κ1) is 25.5. The Morgan fingerprint density at radius 1 is 1.06 bits per heavy atom. The normalized spacial score (nSPS) is 11.0. The van der Waals surface area contributed by atoms with Gasteiger partial charge in [0.15, 0.2) is 6.61 Å². The summed E-state index contributed by atoms with van der Waals surface area (Å²) >= 11 is 0. The smallest absolute Gasteiger partial charge is 0.342 e. The minimum absolute atomic E-state index is 0.144. The number of likely N-dealkylation sites (N-methyl/N-ethyl adjacent to an activating group) is 1. The SMILES string of the molecule is COc1cccc(-c2nn(-c3ccccc3)cc2C(=O)OCC(=O)N(C)CC(=O)NC(C)(C)C)c1. The highest BCUT2D eigenvalue weighted by molar-refractivity contribution is 5.97. The Balaban J connectivity index is 1.78. The fourth-order valence-electron chi connectivity index (χ4n) is 3.30. The van der Waals surface area contributed by atoms with Gasteiger partial charge in [-0.3, -0.25) is 9.59 Å². The predicted molar refractivity (Wildman–Crippen MR) is 131 cm³/mol. The Hall–Kier alpha value is -4.14. The van der Waals surface area contributed by atoms with Crippen LogP contribution in [0.2, 0.25) is 0 Å². The minimum Gasteiger partial charge on any atom is -0.497 e. The van der Waals surface area contributed by atoms with Crippen molar-refractivity contribution in [3.05, 3.63) is 66.4 Å². The van der Waals surface area contributed by atoms with E-state index in [0.717, 1.165) is 5.69 Å². The van der Waals surface area contributed by atoms with Gasteiger partial charge in [-0.15, -0.1) is 0 Å². The molecule has 0 atom stereocenters. The van der Waals surface area contributed by atoms with Crippen LogP contribution in [0.3, 0.4) is 0 Å². The third kappa shape index (κ3) is 6.92. The molecular weight excluding hydrogens is 448 g/mol. The number of para-hydroxylation sites is 1. The van der Waals surface area contributed by atoms with Crippen LogP contribution in [0.5, 0.6) is 5.75 Å². The van der Waals surface area contributed by atoms with E-state index in [1.165, 1.54) is 11.9 Å². The van der Waals surface area contributed by atoms with E-state index in [4.69, 9.17) is 9.47 Å². The second kappa shape index (κ2) is 10.9. The number of nitrogens with one attached hydrogen (secondary N) is 1. The zero-order valence-corrected chi connectivity index (χ0v) is 20.6. The summed E-state index contributed by atoms with van der Waals surface area (Å²) in [5.41, 5.74) is 1.60. The Labute approximate surface area is 204 Å². The van der Waals surface area contributed by atoms with Gasteiger partial charge in [-0.25, -0.2) is 9.48 Å². The molecule has 1 heterocycles. The Kier molecular flexibility index (Phi) is 7.91. The second-order valence-electron chi connectivity index (χ2n) is 9.03. The Morgan fingerprint density at radius 2 is 1.77 bits per heavy atom. The number of aromatic nitrogens is 2. The average Bonchev–Trinajstić information content (AvgIpc) is 3.27. The molecule has 1 N–H and O–H groups in total. The van der Waals surface area contributed by atoms with Crippen molar-refractivity contribution in [3.63, 3.8) is 0 Å². The lowest BCUT2D eigenvalue weighted by Gasteiger charge is -2.23. The van der Waals surface area contributed by atoms with E-state index in [1.807, 2.05) is 57.2 Å². The summed E-state index contributed by atoms with van der Waals surface area (Å²) in [5.74, 6) is -0.891. The summed E-state index contributed by atoms with van der Waals surface area (Å²) in [6.45, 7) is 4.90. The maximum atomic E-state index is 13.0. The van der Waals surface area contributed by atoms with Crippen molar-refractivity contribution in [3.8, 4) is 22.7 Å². The van der Waals surface area contributed by atoms with Gasteiger partial charge in [-0.05, 0) is 45.0 Å². The zero-order valence-electron chi connectivity index (χ0n) is 20.6. The molecule has 0 saturated heterocycles. The topological polar surface area (TPSA) is 103 Å². The first-order valence-corrected chi connectivity index (χ1v) is 11.1. The quantitative estimate of drug-likeness (QED) is 0.499. The number of methoxy groups -OCH3 is 1. The number of carbonyl (C=O) groups excluding carboxylic acids is 3. The van der Waals surface area contributed by atoms with Gasteiger partial charge in [0.05, 0.1) is 19.3 Å². The van der Waals surface area contributed by atoms with Gasteiger partial charge in [0, 0.05) is 24.3 Å². The minimum atomic E-state index is -0.703. The average molecular weight is 479 g/mol. The number of amides is 2. The van der Waals surface area contributed by atoms with Gasteiger partial charge < -0.3 is 19.7 Å². The number of benzene rings is 2. The van der Waals surface area contributed by atoms with Crippen molar-refractivity contribution >= 4 is 17.8 Å². The van der Waals surface area contributed by atoms with Crippen molar-refractivity contribution < 1.29 is 23.9 Å². The number of rotatable bonds is 8. The molecule has 0 aliphatic carbocycles. The summed E-state index contributed by atoms with van der Waals surface area (Å²) in [7, 11) is 3.04. The molecule has 3 rings (SSSR count). The highest BCUT2D eigenvalue weighted by atomic mass is 16.5. The molecule has 9 heteroatoms. The molecule has 2 aromatic carbocycles. The molecule has 0 radical (unpaired) electrons. The fraction of sp³-hybridized carbons (Fsp3) is 0.308. The number of carbonyl (C=O) groups is 3. The first-order chi connectivity index (χ1) is 16.6. The lowest BCUT2D eigenvalue weighted by Crippen LogP contribution is -2.46. The molecule has 0 aliphatic heterocycles. The standard InChI is InChI=1S/C26H30N4O5/c1-26(2,3)27-22(31)16-29(4)23(32)17-35-25(33)21-15-30(19-11-7-6-8-12-19)28-24(21)18-10-9-13-20(14-18)34-5/h6-15H,16-17H2,1-5H3,(H,27,31). The van der Waals surface area contributed by atoms with Crippen LogP contribution in [-0.2, 0) is 14.3 Å². The molecule has 35 heavy (non-hydrogen) atoms. The van der Waals surface area contributed by atoms with Gasteiger partial charge in [-0.1, -0.05) is 30.3 Å². The lowest BCUT2D eigenvalue weighted by molar-refractivity contribution is -0.137. The van der Waals surface area contributed by atoms with E-state index in [-0.39, 0.29) is 18.0 Å². The van der Waals surface area contributed by atoms with E-state index in [0.29, 0.717) is 17.0 Å². The number of nitrogens with zero attached hydrogens (tertiary/aromatic N) is 3. The molecule has 0 fully saturated rings. The van der Waals surface area contributed by atoms with Crippen molar-refractivity contribution in [1.29, 1.82) is 0 Å². The monoisotopic (exact) mass is 478 g/mol. The highest BCUT2D eigenvalue weighted by Gasteiger charge is 2.23. The molecule has 3 aromatic rings. The van der Waals surface area contributed by atoms with E-state index in [1.54, 1.807) is 36.2 Å². The third-order valence-electron chi connectivity index (χ3n) is 4.95. The van der Waals surface area contributed by atoms with Crippen molar-refractivity contribution in [2.45, 2.75) is 26.3 Å². The number of hydrogen-bond acceptors (Lipinski definition) is 6. The van der Waals surface area contributed by atoms with Crippen LogP contribution < -0.4 is 10.1 Å². The molecule has 0 spiro atoms. The fourth-order valence-corrected chi connectivity index (χ4v) is 3.30. The number of hydrogen-bond donors (Lipinski definition) is 1. The summed E-state index contributed by atoms with van der Waals surface area (Å²) in [6.07, 6.45) is 1.57. The molecular formula is C26H30N4O5. The maximum absolute atomic E-state index is 13.0. The van der Waals surface area contributed by atoms with Crippen molar-refractivity contribution in [2.24, 2.45) is 0 Å². The zero-order chi connectivity index (χ0) is 25.6. The molecule has 184 valence electrons. The summed E-state index contributed by atoms with van der Waals surface area (Å²) in [5, 5.41) is 7.38. The molecule has 2 amide bonds. The maximum Gasteiger partial charge on any atom is 0.342 e. The number of esters is 1. The molecule has 0 unspecified atom stereocenters. The van der Waals surface area contributed by atoms with Crippen LogP contribution in [0.1, 0.15) is 31.1 Å². The van der Waals surface area contributed by atoms with Gasteiger partial charge in [0.1, 0.15) is 17.0 Å². The van der Waals surface area contributed by atoms with Crippen LogP contribution in [0.4, 0.5) is 0 Å². The van der Waals surface area contributed by atoms with Crippen molar-refractivity contribution in [1.82, 2.24) is 20.0 Å². The highest BCUT2D eigenvalue weighted by Crippen LogP contribution is 2.27. The molecule has 9 nitrogen and oxygen atoms in total. The van der Waals surface area contributed by atoms with Crippen LogP contribution in [0, 0.1) is 0 Å². The lowest BCUT2D eigenvalue weighted by atomic mass is 10.1. The first-order valence-electron chi connectivity index (χ1n) is 11.1. The summed E-state index contributed by atoms with van der Waals surface area (Å²) in [4.78, 5) is 38.8. The molecule has 0 saturated carbocycles. The van der Waals surface area contributed by atoms with Gasteiger partial charge in [-0.2, -0.15) is 5.10 Å². The largest absolute Gasteiger partial charge is 0.497 e. The molecule has 1 aromatic heterocycles. The second-order valence-corrected chi connectivity index (χ2v) is 9.03. The third-order valence-corrected chi connectivity index (χ3v) is 4.95. The van der Waals surface area contributed by atoms with E-state index in [2.05, 4.69) is 10.4 Å². The van der Waals surface area contributed by atoms with Crippen LogP contribution in [0.15, 0.2) is 60.8 Å². The van der Waals surface area contributed by atoms with E-state index >= 15 is 0 Å². The van der Waals surface area contributed by atoms with Gasteiger partial charge in [0.2, 0.25) is 5.91 Å². The van der Waals surface area contributed by atoms with E-state index < -0.39 is 24.0 Å². The predicted octanol–water partition coefficient (Wildman–Crippen LogP) is 3.08. The Bertz CT molecular complexity index is 1200. The molecule has 0 aliphatic rings. The van der Waals surface area contributed by atoms with Crippen molar-refractivity contribution in [2.75, 3.05) is 27.3 Å². The Morgan fingerprint density at radius 3 is 2.43 bits per heavy atom. The number of ether oxygens (including phenoxy) is 2. The van der Waals surface area contributed by atoms with Crippen LogP contribution >= 0.6 is 0 Å². The molecule has 0 bridgehead atoms. The van der Waals surface area contributed by atoms with Gasteiger partial charge in [0.25, 0.3) is 5.91 Å². The van der Waals surface area contributed by atoms with Crippen LogP contribution in [0.25, 0.3) is 16.9 Å².